The first-order valence-corrected chi connectivity index (χ1v) is 10.2. The Morgan fingerprint density at radius 2 is 2.13 bits per heavy atom. The van der Waals surface area contributed by atoms with E-state index < -0.39 is 23.0 Å². The number of aromatic amines is 1. The number of nitrogens with one attached hydrogen (secondary N) is 1. The number of H-pyrrole nitrogens is 1. The number of amides is 1. The number of rotatable bonds is 6. The summed E-state index contributed by atoms with van der Waals surface area (Å²) in [6.45, 7) is 3.87. The van der Waals surface area contributed by atoms with Gasteiger partial charge in [0.25, 0.3) is 11.5 Å². The van der Waals surface area contributed by atoms with E-state index >= 15 is 0 Å². The van der Waals surface area contributed by atoms with Gasteiger partial charge < -0.3 is 4.90 Å². The lowest BCUT2D eigenvalue weighted by Gasteiger charge is -2.22. The third-order valence-electron chi connectivity index (χ3n) is 4.94. The molecule has 2 aromatic heterocycles. The highest BCUT2D eigenvalue weighted by atomic mass is 79.9. The van der Waals surface area contributed by atoms with Crippen molar-refractivity contribution >= 4 is 32.9 Å². The van der Waals surface area contributed by atoms with E-state index in [4.69, 9.17) is 0 Å². The van der Waals surface area contributed by atoms with Crippen molar-refractivity contribution in [1.29, 1.82) is 0 Å². The highest BCUT2D eigenvalue weighted by molar-refractivity contribution is 9.10. The number of pyridine rings is 1. The normalized spacial score (nSPS) is 13.4. The second kappa shape index (κ2) is 7.98. The summed E-state index contributed by atoms with van der Waals surface area (Å²) < 4.78 is 16.3. The summed E-state index contributed by atoms with van der Waals surface area (Å²) in [5.74, 6) is -0.853. The van der Waals surface area contributed by atoms with Gasteiger partial charge in [-0.25, -0.2) is 14.2 Å². The van der Waals surface area contributed by atoms with Crippen LogP contribution in [0, 0.1) is 5.82 Å². The average Bonchev–Trinajstić information content (AvgIpc) is 3.54. The molecule has 0 atom stereocenters. The van der Waals surface area contributed by atoms with Gasteiger partial charge in [0, 0.05) is 35.4 Å². The standard InChI is InChI=1S/C21H18BrFN4O3/c1-2-7-26(11-13-8-14(22)3-6-17(13)23)20(29)12-9-16-18(24-10-12)27(15-4-5-15)21(30)25-19(16)28/h2-3,6,8-10,15H,1,4-5,7,11H2,(H,25,28,30). The SMILES string of the molecule is C=CCN(Cc1cc(Br)ccc1F)C(=O)c1cnc2c(c1)c(=O)[nH]c(=O)n2C1CC1. The molecule has 1 amide bonds. The number of fused-ring (bicyclic) bond motifs is 1. The van der Waals surface area contributed by atoms with Crippen molar-refractivity contribution in [1.82, 2.24) is 19.4 Å². The number of hydrogen-bond donors (Lipinski definition) is 1. The summed E-state index contributed by atoms with van der Waals surface area (Å²) in [7, 11) is 0. The minimum atomic E-state index is -0.595. The Morgan fingerprint density at radius 1 is 1.37 bits per heavy atom. The highest BCUT2D eigenvalue weighted by Gasteiger charge is 2.28. The number of nitrogens with zero attached hydrogens (tertiary/aromatic N) is 3. The fraction of sp³-hybridized carbons (Fsp3) is 0.238. The molecule has 1 aliphatic carbocycles. The summed E-state index contributed by atoms with van der Waals surface area (Å²) in [4.78, 5) is 45.6. The molecule has 1 fully saturated rings. The van der Waals surface area contributed by atoms with Crippen LogP contribution in [0.15, 0.2) is 57.2 Å². The number of benzene rings is 1. The molecule has 0 spiro atoms. The maximum atomic E-state index is 14.2. The molecule has 30 heavy (non-hydrogen) atoms. The van der Waals surface area contributed by atoms with E-state index in [0.717, 1.165) is 12.8 Å². The third-order valence-corrected chi connectivity index (χ3v) is 5.44. The van der Waals surface area contributed by atoms with E-state index in [-0.39, 0.29) is 35.7 Å². The molecule has 3 aromatic rings. The second-order valence-electron chi connectivity index (χ2n) is 7.17. The zero-order chi connectivity index (χ0) is 21.4. The van der Waals surface area contributed by atoms with Gasteiger partial charge in [-0.1, -0.05) is 22.0 Å². The van der Waals surface area contributed by atoms with E-state index in [0.29, 0.717) is 10.0 Å². The van der Waals surface area contributed by atoms with E-state index in [9.17, 15) is 18.8 Å². The summed E-state index contributed by atoms with van der Waals surface area (Å²) in [5.41, 5.74) is -0.321. The van der Waals surface area contributed by atoms with Crippen LogP contribution >= 0.6 is 15.9 Å². The summed E-state index contributed by atoms with van der Waals surface area (Å²) in [5, 5.41) is 0.166. The Labute approximate surface area is 179 Å². The number of carbonyl (C=O) groups is 1. The van der Waals surface area contributed by atoms with Gasteiger partial charge in [-0.15, -0.1) is 6.58 Å². The summed E-state index contributed by atoms with van der Waals surface area (Å²) in [6.07, 6.45) is 4.57. The molecule has 0 bridgehead atoms. The maximum absolute atomic E-state index is 14.2. The maximum Gasteiger partial charge on any atom is 0.330 e. The quantitative estimate of drug-likeness (QED) is 0.558. The Hall–Kier alpha value is -3.07. The molecule has 7 nitrogen and oxygen atoms in total. The fourth-order valence-corrected chi connectivity index (χ4v) is 3.76. The molecule has 0 unspecified atom stereocenters. The minimum absolute atomic E-state index is 0.0164. The molecule has 1 N–H and O–H groups in total. The monoisotopic (exact) mass is 472 g/mol. The number of hydrogen-bond acceptors (Lipinski definition) is 4. The number of aromatic nitrogens is 3. The molecule has 0 saturated heterocycles. The van der Waals surface area contributed by atoms with Crippen molar-refractivity contribution in [2.45, 2.75) is 25.4 Å². The van der Waals surface area contributed by atoms with Gasteiger partial charge in [0.15, 0.2) is 0 Å². The van der Waals surface area contributed by atoms with Crippen molar-refractivity contribution in [3.05, 3.63) is 85.4 Å². The molecule has 1 aromatic carbocycles. The molecular weight excluding hydrogens is 455 g/mol. The van der Waals surface area contributed by atoms with Crippen LogP contribution in [0.4, 0.5) is 4.39 Å². The van der Waals surface area contributed by atoms with Crippen LogP contribution in [-0.2, 0) is 6.54 Å². The topological polar surface area (TPSA) is 88.1 Å². The second-order valence-corrected chi connectivity index (χ2v) is 8.08. The van der Waals surface area contributed by atoms with Crippen LogP contribution in [0.25, 0.3) is 11.0 Å². The van der Waals surface area contributed by atoms with E-state index in [2.05, 4.69) is 32.5 Å². The number of halogens is 2. The molecule has 154 valence electrons. The molecule has 1 aliphatic rings. The van der Waals surface area contributed by atoms with Crippen molar-refractivity contribution in [2.75, 3.05) is 6.54 Å². The van der Waals surface area contributed by atoms with Gasteiger partial charge in [-0.05, 0) is 37.1 Å². The molecule has 1 saturated carbocycles. The highest BCUT2D eigenvalue weighted by Crippen LogP contribution is 2.34. The lowest BCUT2D eigenvalue weighted by atomic mass is 10.1. The van der Waals surface area contributed by atoms with Gasteiger partial charge in [-0.2, -0.15) is 0 Å². The van der Waals surface area contributed by atoms with Crippen molar-refractivity contribution < 1.29 is 9.18 Å². The van der Waals surface area contributed by atoms with Crippen LogP contribution in [0.3, 0.4) is 0 Å². The zero-order valence-corrected chi connectivity index (χ0v) is 17.5. The van der Waals surface area contributed by atoms with Gasteiger partial charge in [-0.3, -0.25) is 19.1 Å². The molecule has 0 radical (unpaired) electrons. The first-order valence-electron chi connectivity index (χ1n) is 9.37. The Bertz CT molecular complexity index is 1280. The predicted octanol–water partition coefficient (Wildman–Crippen LogP) is 3.15. The molecule has 2 heterocycles. The summed E-state index contributed by atoms with van der Waals surface area (Å²) in [6, 6.07) is 5.95. The van der Waals surface area contributed by atoms with E-state index in [1.54, 1.807) is 18.2 Å². The largest absolute Gasteiger partial charge is 0.330 e. The Kier molecular flexibility index (Phi) is 5.38. The average molecular weight is 473 g/mol. The van der Waals surface area contributed by atoms with E-state index in [1.165, 1.54) is 27.8 Å². The van der Waals surface area contributed by atoms with Gasteiger partial charge in [0.1, 0.15) is 11.5 Å². The van der Waals surface area contributed by atoms with Crippen LogP contribution in [0.1, 0.15) is 34.8 Å². The van der Waals surface area contributed by atoms with Crippen LogP contribution in [-0.4, -0.2) is 31.9 Å². The molecule has 9 heteroatoms. The zero-order valence-electron chi connectivity index (χ0n) is 15.9. The van der Waals surface area contributed by atoms with Gasteiger partial charge >= 0.3 is 5.69 Å². The Balaban J connectivity index is 1.73. The lowest BCUT2D eigenvalue weighted by Crippen LogP contribution is -2.33. The van der Waals surface area contributed by atoms with Crippen LogP contribution in [0.5, 0.6) is 0 Å². The fourth-order valence-electron chi connectivity index (χ4n) is 3.35. The van der Waals surface area contributed by atoms with Crippen molar-refractivity contribution in [3.8, 4) is 0 Å². The Morgan fingerprint density at radius 3 is 2.83 bits per heavy atom. The lowest BCUT2D eigenvalue weighted by molar-refractivity contribution is 0.0761. The molecule has 0 aliphatic heterocycles. The van der Waals surface area contributed by atoms with Crippen molar-refractivity contribution in [2.24, 2.45) is 0 Å². The smallest absolute Gasteiger partial charge is 0.330 e. The van der Waals surface area contributed by atoms with Crippen LogP contribution in [0.2, 0.25) is 0 Å². The van der Waals surface area contributed by atoms with Crippen LogP contribution < -0.4 is 11.2 Å². The molecular formula is C21H18BrFN4O3. The van der Waals surface area contributed by atoms with E-state index in [1.807, 2.05) is 0 Å². The first kappa shape index (κ1) is 20.2. The minimum Gasteiger partial charge on any atom is -0.330 e. The van der Waals surface area contributed by atoms with Crippen molar-refractivity contribution in [3.63, 3.8) is 0 Å². The molecule has 4 rings (SSSR count). The van der Waals surface area contributed by atoms with Gasteiger partial charge in [0.2, 0.25) is 0 Å². The first-order chi connectivity index (χ1) is 14.4. The number of carbonyl (C=O) groups excluding carboxylic acids is 1. The predicted molar refractivity (Wildman–Crippen MR) is 114 cm³/mol. The summed E-state index contributed by atoms with van der Waals surface area (Å²) >= 11 is 3.31. The van der Waals surface area contributed by atoms with Gasteiger partial charge in [0.05, 0.1) is 10.9 Å². The third kappa shape index (κ3) is 3.85.